The van der Waals surface area contributed by atoms with Crippen LogP contribution >= 0.6 is 0 Å². The van der Waals surface area contributed by atoms with Gasteiger partial charge in [-0.05, 0) is 18.2 Å². The molecule has 1 N–H and O–H groups in total. The summed E-state index contributed by atoms with van der Waals surface area (Å²) in [6.07, 6.45) is -4.68. The number of nitrogens with one attached hydrogen (secondary N) is 1. The molecule has 0 spiro atoms. The molecule has 1 rings (SSSR count). The van der Waals surface area contributed by atoms with Crippen LogP contribution in [-0.2, 0) is 4.74 Å². The zero-order valence-electron chi connectivity index (χ0n) is 8.51. The highest BCUT2D eigenvalue weighted by Gasteiger charge is 2.28. The van der Waals surface area contributed by atoms with E-state index in [1.54, 1.807) is 6.07 Å². The van der Waals surface area contributed by atoms with Crippen LogP contribution in [0.1, 0.15) is 5.56 Å². The summed E-state index contributed by atoms with van der Waals surface area (Å²) >= 11 is 0. The summed E-state index contributed by atoms with van der Waals surface area (Å²) in [7, 11) is 0. The topological polar surface area (TPSA) is 45.0 Å². The van der Waals surface area contributed by atoms with Gasteiger partial charge in [-0.15, -0.1) is 13.2 Å². The minimum Gasteiger partial charge on any atom is -0.382 e. The number of benzene rings is 1. The molecule has 0 bridgehead atoms. The minimum atomic E-state index is -4.68. The van der Waals surface area contributed by atoms with Crippen LogP contribution in [0.4, 0.5) is 23.2 Å². The van der Waals surface area contributed by atoms with Crippen molar-refractivity contribution in [1.29, 1.82) is 5.26 Å². The number of hydrogen-bond donors (Lipinski definition) is 1. The number of halogens is 4. The molecule has 0 unspecified atom stereocenters. The maximum atomic E-state index is 12.7. The lowest BCUT2D eigenvalue weighted by molar-refractivity contribution is -0.322. The van der Waals surface area contributed by atoms with E-state index in [-0.39, 0.29) is 17.8 Å². The van der Waals surface area contributed by atoms with Crippen LogP contribution < -0.4 is 5.32 Å². The van der Waals surface area contributed by atoms with Crippen molar-refractivity contribution in [3.63, 3.8) is 0 Å². The summed E-state index contributed by atoms with van der Waals surface area (Å²) in [5.74, 6) is -0.585. The lowest BCUT2D eigenvalue weighted by atomic mass is 10.2. The Morgan fingerprint density at radius 3 is 2.65 bits per heavy atom. The lowest BCUT2D eigenvalue weighted by Gasteiger charge is -2.10. The maximum absolute atomic E-state index is 12.7. The first-order chi connectivity index (χ1) is 7.92. The van der Waals surface area contributed by atoms with Gasteiger partial charge in [-0.1, -0.05) is 0 Å². The molecule has 1 aromatic rings. The number of nitriles is 1. The molecule has 0 heterocycles. The van der Waals surface area contributed by atoms with E-state index in [1.807, 2.05) is 0 Å². The molecule has 0 aliphatic rings. The standard InChI is InChI=1S/C10H8F4N2O/c11-8-1-2-9(7(5-8)6-15)16-3-4-17-10(12,13)14/h1-2,5,16H,3-4H2. The van der Waals surface area contributed by atoms with E-state index >= 15 is 0 Å². The normalized spacial score (nSPS) is 11.0. The van der Waals surface area contributed by atoms with Gasteiger partial charge in [0.05, 0.1) is 17.9 Å². The fourth-order valence-electron chi connectivity index (χ4n) is 1.12. The zero-order chi connectivity index (χ0) is 12.9. The first kappa shape index (κ1) is 13.3. The Bertz CT molecular complexity index is 425. The molecule has 0 aliphatic carbocycles. The van der Waals surface area contributed by atoms with E-state index < -0.39 is 18.8 Å². The second-order valence-electron chi connectivity index (χ2n) is 3.02. The number of ether oxygens (including phenoxy) is 1. The van der Waals surface area contributed by atoms with Crippen LogP contribution in [0.25, 0.3) is 0 Å². The maximum Gasteiger partial charge on any atom is 0.522 e. The number of nitrogens with zero attached hydrogens (tertiary/aromatic N) is 1. The van der Waals surface area contributed by atoms with Gasteiger partial charge in [-0.3, -0.25) is 4.74 Å². The quantitative estimate of drug-likeness (QED) is 0.658. The smallest absolute Gasteiger partial charge is 0.382 e. The zero-order valence-corrected chi connectivity index (χ0v) is 8.51. The summed E-state index contributed by atoms with van der Waals surface area (Å²) in [5, 5.41) is 11.2. The highest BCUT2D eigenvalue weighted by atomic mass is 19.4. The average Bonchev–Trinajstić information content (AvgIpc) is 2.24. The van der Waals surface area contributed by atoms with Crippen molar-refractivity contribution in [3.8, 4) is 6.07 Å². The van der Waals surface area contributed by atoms with Crippen LogP contribution in [0.15, 0.2) is 18.2 Å². The number of rotatable bonds is 4. The number of hydrogen-bond acceptors (Lipinski definition) is 3. The average molecular weight is 248 g/mol. The largest absolute Gasteiger partial charge is 0.522 e. The lowest BCUT2D eigenvalue weighted by Crippen LogP contribution is -2.19. The molecule has 0 atom stereocenters. The molecule has 0 aliphatic heterocycles. The summed E-state index contributed by atoms with van der Waals surface area (Å²) in [4.78, 5) is 0. The molecule has 1 aromatic carbocycles. The van der Waals surface area contributed by atoms with Crippen molar-refractivity contribution in [3.05, 3.63) is 29.6 Å². The highest BCUT2D eigenvalue weighted by Crippen LogP contribution is 2.17. The summed E-state index contributed by atoms with van der Waals surface area (Å²) < 4.78 is 51.1. The fraction of sp³-hybridized carbons (Fsp3) is 0.300. The molecule has 3 nitrogen and oxygen atoms in total. The van der Waals surface area contributed by atoms with Gasteiger partial charge < -0.3 is 5.32 Å². The van der Waals surface area contributed by atoms with Gasteiger partial charge in [-0.25, -0.2) is 4.39 Å². The predicted octanol–water partition coefficient (Wildman–Crippen LogP) is 2.65. The summed E-state index contributed by atoms with van der Waals surface area (Å²) in [6.45, 7) is -0.731. The second-order valence-corrected chi connectivity index (χ2v) is 3.02. The molecule has 0 fully saturated rings. The van der Waals surface area contributed by atoms with Gasteiger partial charge >= 0.3 is 6.36 Å². The molecule has 17 heavy (non-hydrogen) atoms. The monoisotopic (exact) mass is 248 g/mol. The van der Waals surface area contributed by atoms with Gasteiger partial charge in [0.15, 0.2) is 0 Å². The van der Waals surface area contributed by atoms with Crippen LogP contribution in [0.5, 0.6) is 0 Å². The van der Waals surface area contributed by atoms with Gasteiger partial charge in [-0.2, -0.15) is 5.26 Å². The molecule has 0 radical (unpaired) electrons. The van der Waals surface area contributed by atoms with Gasteiger partial charge in [0, 0.05) is 6.54 Å². The van der Waals surface area contributed by atoms with Crippen LogP contribution in [0.3, 0.4) is 0 Å². The molecule has 7 heteroatoms. The van der Waals surface area contributed by atoms with E-state index in [0.717, 1.165) is 12.1 Å². The Hall–Kier alpha value is -1.81. The third-order valence-electron chi connectivity index (χ3n) is 1.79. The molecule has 0 amide bonds. The first-order valence-corrected chi connectivity index (χ1v) is 4.56. The fourth-order valence-corrected chi connectivity index (χ4v) is 1.12. The number of anilines is 1. The molecular formula is C10H8F4N2O. The molecular weight excluding hydrogens is 240 g/mol. The minimum absolute atomic E-state index is 0.0250. The summed E-state index contributed by atoms with van der Waals surface area (Å²) in [5.41, 5.74) is 0.289. The molecule has 0 saturated carbocycles. The van der Waals surface area contributed by atoms with Gasteiger partial charge in [0.1, 0.15) is 11.9 Å². The van der Waals surface area contributed by atoms with E-state index in [1.165, 1.54) is 6.07 Å². The first-order valence-electron chi connectivity index (χ1n) is 4.56. The van der Waals surface area contributed by atoms with Crippen LogP contribution in [0.2, 0.25) is 0 Å². The van der Waals surface area contributed by atoms with Crippen molar-refractivity contribution in [2.45, 2.75) is 6.36 Å². The van der Waals surface area contributed by atoms with E-state index in [0.29, 0.717) is 0 Å². The molecule has 92 valence electrons. The Labute approximate surface area is 94.6 Å². The van der Waals surface area contributed by atoms with Gasteiger partial charge in [0.25, 0.3) is 0 Å². The van der Waals surface area contributed by atoms with Crippen molar-refractivity contribution in [1.82, 2.24) is 0 Å². The van der Waals surface area contributed by atoms with Gasteiger partial charge in [0.2, 0.25) is 0 Å². The van der Waals surface area contributed by atoms with E-state index in [2.05, 4.69) is 10.1 Å². The highest BCUT2D eigenvalue weighted by molar-refractivity contribution is 5.57. The third-order valence-corrected chi connectivity index (χ3v) is 1.79. The van der Waals surface area contributed by atoms with Crippen molar-refractivity contribution in [2.24, 2.45) is 0 Å². The Morgan fingerprint density at radius 1 is 1.35 bits per heavy atom. The van der Waals surface area contributed by atoms with Crippen LogP contribution in [-0.4, -0.2) is 19.5 Å². The number of alkyl halides is 3. The molecule has 0 saturated heterocycles. The Kier molecular flexibility index (Phi) is 4.29. The predicted molar refractivity (Wildman–Crippen MR) is 51.6 cm³/mol. The van der Waals surface area contributed by atoms with Crippen molar-refractivity contribution < 1.29 is 22.3 Å². The Balaban J connectivity index is 2.50. The Morgan fingerprint density at radius 2 is 2.06 bits per heavy atom. The van der Waals surface area contributed by atoms with E-state index in [4.69, 9.17) is 5.26 Å². The molecule has 0 aromatic heterocycles. The van der Waals surface area contributed by atoms with Crippen molar-refractivity contribution >= 4 is 5.69 Å². The van der Waals surface area contributed by atoms with Crippen molar-refractivity contribution in [2.75, 3.05) is 18.5 Å². The SMILES string of the molecule is N#Cc1cc(F)ccc1NCCOC(F)(F)F. The van der Waals surface area contributed by atoms with Crippen LogP contribution in [0, 0.1) is 17.1 Å². The van der Waals surface area contributed by atoms with E-state index in [9.17, 15) is 17.6 Å². The summed E-state index contributed by atoms with van der Waals surface area (Å²) in [6, 6.07) is 5.11. The third kappa shape index (κ3) is 4.70. The second kappa shape index (κ2) is 5.50.